The maximum Gasteiger partial charge on any atom is 0.0515 e. The lowest BCUT2D eigenvalue weighted by atomic mass is 9.60. The number of hydrogen-bond donors (Lipinski definition) is 0. The van der Waals surface area contributed by atoms with Crippen LogP contribution in [-0.4, -0.2) is 27.4 Å². The Labute approximate surface area is 162 Å². The zero-order chi connectivity index (χ0) is 18.4. The smallest absolute Gasteiger partial charge is 0.0515 e. The van der Waals surface area contributed by atoms with E-state index in [2.05, 4.69) is 6.92 Å². The molecule has 0 saturated heterocycles. The van der Waals surface area contributed by atoms with E-state index in [1.165, 1.54) is 57.8 Å². The molecule has 2 heteroatoms. The van der Waals surface area contributed by atoms with E-state index in [4.69, 9.17) is 9.47 Å². The van der Waals surface area contributed by atoms with Gasteiger partial charge in [-0.05, 0) is 86.9 Å². The summed E-state index contributed by atoms with van der Waals surface area (Å²) in [6.45, 7) is 4.10. The van der Waals surface area contributed by atoms with Crippen LogP contribution in [0, 0.1) is 41.4 Å². The number of hydrogen-bond acceptors (Lipinski definition) is 2. The summed E-state index contributed by atoms with van der Waals surface area (Å²) in [6, 6.07) is 0. The van der Waals surface area contributed by atoms with Crippen LogP contribution in [0.4, 0.5) is 0 Å². The van der Waals surface area contributed by atoms with Crippen LogP contribution >= 0.6 is 0 Å². The second-order valence-corrected chi connectivity index (χ2v) is 9.91. The lowest BCUT2D eigenvalue weighted by Crippen LogP contribution is -2.37. The first-order chi connectivity index (χ1) is 12.7. The fourth-order valence-electron chi connectivity index (χ4n) is 6.92. The van der Waals surface area contributed by atoms with Crippen molar-refractivity contribution in [3.8, 4) is 0 Å². The summed E-state index contributed by atoms with van der Waals surface area (Å²) in [5, 5.41) is 0. The predicted molar refractivity (Wildman–Crippen MR) is 109 cm³/mol. The van der Waals surface area contributed by atoms with Crippen LogP contribution in [0.3, 0.4) is 0 Å². The largest absolute Gasteiger partial charge is 0.384 e. The summed E-state index contributed by atoms with van der Waals surface area (Å²) in [5.41, 5.74) is 0. The Morgan fingerprint density at radius 3 is 1.85 bits per heavy atom. The van der Waals surface area contributed by atoms with Gasteiger partial charge in [-0.25, -0.2) is 0 Å². The molecular weight excluding hydrogens is 320 g/mol. The maximum absolute atomic E-state index is 5.49. The van der Waals surface area contributed by atoms with E-state index >= 15 is 0 Å². The number of rotatable bonds is 8. The normalized spacial score (nSPS) is 38.3. The molecule has 4 unspecified atom stereocenters. The molecule has 0 aromatic rings. The highest BCUT2D eigenvalue weighted by Gasteiger charge is 2.40. The zero-order valence-electron chi connectivity index (χ0n) is 17.8. The van der Waals surface area contributed by atoms with Gasteiger partial charge in [-0.3, -0.25) is 0 Å². The second kappa shape index (κ2) is 10.5. The zero-order valence-corrected chi connectivity index (χ0v) is 17.8. The molecule has 0 aromatic heterocycles. The molecule has 3 rings (SSSR count). The Balaban J connectivity index is 1.46. The van der Waals surface area contributed by atoms with Crippen LogP contribution in [0.2, 0.25) is 0 Å². The van der Waals surface area contributed by atoms with Gasteiger partial charge in [-0.15, -0.1) is 0 Å². The first-order valence-electron chi connectivity index (χ1n) is 11.7. The van der Waals surface area contributed by atoms with Crippen molar-refractivity contribution in [2.24, 2.45) is 41.4 Å². The molecule has 3 saturated carbocycles. The molecule has 0 bridgehead atoms. The van der Waals surface area contributed by atoms with Crippen molar-refractivity contribution in [1.82, 2.24) is 0 Å². The van der Waals surface area contributed by atoms with E-state index in [1.807, 2.05) is 14.2 Å². The highest BCUT2D eigenvalue weighted by Crippen LogP contribution is 2.50. The fraction of sp³-hybridized carbons (Fsp3) is 1.00. The van der Waals surface area contributed by atoms with E-state index in [1.54, 1.807) is 19.3 Å². The second-order valence-electron chi connectivity index (χ2n) is 9.91. The van der Waals surface area contributed by atoms with Gasteiger partial charge in [0.1, 0.15) is 0 Å². The minimum Gasteiger partial charge on any atom is -0.384 e. The van der Waals surface area contributed by atoms with E-state index < -0.39 is 0 Å². The third-order valence-electron chi connectivity index (χ3n) is 8.38. The summed E-state index contributed by atoms with van der Waals surface area (Å²) < 4.78 is 11.0. The molecule has 0 spiro atoms. The first-order valence-corrected chi connectivity index (χ1v) is 11.7. The van der Waals surface area contributed by atoms with E-state index in [0.29, 0.717) is 5.92 Å². The van der Waals surface area contributed by atoms with Crippen molar-refractivity contribution in [3.63, 3.8) is 0 Å². The van der Waals surface area contributed by atoms with Crippen LogP contribution in [0.25, 0.3) is 0 Å². The average molecular weight is 365 g/mol. The summed E-state index contributed by atoms with van der Waals surface area (Å²) >= 11 is 0. The minimum atomic E-state index is 0.609. The van der Waals surface area contributed by atoms with Crippen LogP contribution in [0.15, 0.2) is 0 Å². The summed E-state index contributed by atoms with van der Waals surface area (Å²) in [7, 11) is 3.68. The lowest BCUT2D eigenvalue weighted by Gasteiger charge is -2.46. The molecule has 3 fully saturated rings. The van der Waals surface area contributed by atoms with Gasteiger partial charge in [-0.2, -0.15) is 0 Å². The van der Waals surface area contributed by atoms with Gasteiger partial charge in [0.2, 0.25) is 0 Å². The van der Waals surface area contributed by atoms with E-state index in [-0.39, 0.29) is 0 Å². The molecule has 26 heavy (non-hydrogen) atoms. The molecule has 4 atom stereocenters. The Bertz CT molecular complexity index is 382. The fourth-order valence-corrected chi connectivity index (χ4v) is 6.92. The van der Waals surface area contributed by atoms with Crippen molar-refractivity contribution in [2.45, 2.75) is 84.0 Å². The Morgan fingerprint density at radius 1 is 0.692 bits per heavy atom. The molecule has 0 heterocycles. The van der Waals surface area contributed by atoms with Crippen molar-refractivity contribution in [1.29, 1.82) is 0 Å². The number of ether oxygens (including phenoxy) is 2. The summed E-state index contributed by atoms with van der Waals surface area (Å²) in [6.07, 6.45) is 17.9. The Morgan fingerprint density at radius 2 is 1.23 bits per heavy atom. The maximum atomic E-state index is 5.49. The van der Waals surface area contributed by atoms with Gasteiger partial charge >= 0.3 is 0 Å². The van der Waals surface area contributed by atoms with E-state index in [0.717, 1.165) is 48.7 Å². The quantitative estimate of drug-likeness (QED) is 0.500. The van der Waals surface area contributed by atoms with Crippen LogP contribution < -0.4 is 0 Å². The third-order valence-corrected chi connectivity index (χ3v) is 8.38. The van der Waals surface area contributed by atoms with Crippen LogP contribution in [0.5, 0.6) is 0 Å². The first kappa shape index (κ1) is 20.6. The van der Waals surface area contributed by atoms with Crippen molar-refractivity contribution in [2.75, 3.05) is 27.4 Å². The Hall–Kier alpha value is -0.0800. The number of fused-ring (bicyclic) bond motifs is 1. The standard InChI is InChI=1S/C24H44O2/c1-4-5-18-6-8-19(9-7-18)20-10-11-22-15-23(13-12-21(22)14-20)24(16-25-2)17-26-3/h18-24H,4-17H2,1-3H3. The van der Waals surface area contributed by atoms with Gasteiger partial charge in [0, 0.05) is 20.1 Å². The molecule has 2 nitrogen and oxygen atoms in total. The molecule has 0 aliphatic heterocycles. The molecule has 152 valence electrons. The van der Waals surface area contributed by atoms with Crippen LogP contribution in [0.1, 0.15) is 84.0 Å². The van der Waals surface area contributed by atoms with Gasteiger partial charge in [-0.1, -0.05) is 32.6 Å². The van der Waals surface area contributed by atoms with Crippen molar-refractivity contribution in [3.05, 3.63) is 0 Å². The Kier molecular flexibility index (Phi) is 8.31. The van der Waals surface area contributed by atoms with Gasteiger partial charge in [0.05, 0.1) is 13.2 Å². The van der Waals surface area contributed by atoms with Crippen molar-refractivity contribution < 1.29 is 9.47 Å². The van der Waals surface area contributed by atoms with Crippen molar-refractivity contribution >= 4 is 0 Å². The predicted octanol–water partition coefficient (Wildman–Crippen LogP) is 6.33. The highest BCUT2D eigenvalue weighted by molar-refractivity contribution is 4.90. The van der Waals surface area contributed by atoms with Gasteiger partial charge in [0.25, 0.3) is 0 Å². The molecule has 0 N–H and O–H groups in total. The topological polar surface area (TPSA) is 18.5 Å². The molecule has 3 aliphatic rings. The molecular formula is C24H44O2. The molecule has 3 aliphatic carbocycles. The molecule has 0 aromatic carbocycles. The van der Waals surface area contributed by atoms with E-state index in [9.17, 15) is 0 Å². The average Bonchev–Trinajstić information content (AvgIpc) is 2.68. The summed E-state index contributed by atoms with van der Waals surface area (Å²) in [5.74, 6) is 6.65. The SMILES string of the molecule is CCCC1CCC(C2CCC3CC(C(COC)COC)CCC3C2)CC1. The van der Waals surface area contributed by atoms with Gasteiger partial charge < -0.3 is 9.47 Å². The third kappa shape index (κ3) is 5.25. The molecule has 0 radical (unpaired) electrons. The molecule has 0 amide bonds. The monoisotopic (exact) mass is 364 g/mol. The minimum absolute atomic E-state index is 0.609. The highest BCUT2D eigenvalue weighted by atomic mass is 16.5. The van der Waals surface area contributed by atoms with Gasteiger partial charge in [0.15, 0.2) is 0 Å². The summed E-state index contributed by atoms with van der Waals surface area (Å²) in [4.78, 5) is 0. The lowest BCUT2D eigenvalue weighted by molar-refractivity contribution is 0.00325. The van der Waals surface area contributed by atoms with Crippen LogP contribution in [-0.2, 0) is 9.47 Å². The number of methoxy groups -OCH3 is 2.